The minimum absolute atomic E-state index is 0.0605. The average molecular weight is 311 g/mol. The van der Waals surface area contributed by atoms with Gasteiger partial charge < -0.3 is 8.85 Å². The van der Waals surface area contributed by atoms with Gasteiger partial charge in [-0.25, -0.2) is 0 Å². The van der Waals surface area contributed by atoms with Crippen molar-refractivity contribution in [3.8, 4) is 5.75 Å². The van der Waals surface area contributed by atoms with E-state index in [0.29, 0.717) is 12.0 Å². The fourth-order valence-corrected chi connectivity index (χ4v) is 8.48. The van der Waals surface area contributed by atoms with Gasteiger partial charge in [-0.2, -0.15) is 0 Å². The molecule has 1 aromatic rings. The number of hydrogen-bond acceptors (Lipinski definition) is 4. The molecule has 5 nitrogen and oxygen atoms in total. The van der Waals surface area contributed by atoms with Crippen molar-refractivity contribution in [3.05, 3.63) is 46.7 Å². The second-order valence-corrected chi connectivity index (χ2v) is 13.9. The zero-order chi connectivity index (χ0) is 15.4. The van der Waals surface area contributed by atoms with Crippen LogP contribution in [0.5, 0.6) is 5.75 Å². The lowest BCUT2D eigenvalue weighted by molar-refractivity contribution is -0.384. The molecule has 0 fully saturated rings. The summed E-state index contributed by atoms with van der Waals surface area (Å²) < 4.78 is 11.9. The smallest absolute Gasteiger partial charge is 0.269 e. The van der Waals surface area contributed by atoms with Crippen LogP contribution in [0.1, 0.15) is 0 Å². The Morgan fingerprint density at radius 1 is 1.25 bits per heavy atom. The molecule has 0 saturated heterocycles. The average Bonchev–Trinajstić information content (AvgIpc) is 2.36. The molecule has 110 valence electrons. The minimum Gasteiger partial charge on any atom is -0.494 e. The standard InChI is InChI=1S/C13H21NO4Si2/c1-6-19(2,3)18-20(4,5)11-17-13-9-7-12(8-10-13)14(15)16/h6-10H,1,11H2,2-5H3. The molecule has 0 aromatic heterocycles. The van der Waals surface area contributed by atoms with E-state index in [4.69, 9.17) is 8.85 Å². The van der Waals surface area contributed by atoms with Gasteiger partial charge in [-0.1, -0.05) is 5.70 Å². The van der Waals surface area contributed by atoms with E-state index >= 15 is 0 Å². The summed E-state index contributed by atoms with van der Waals surface area (Å²) in [4.78, 5) is 10.1. The van der Waals surface area contributed by atoms with Gasteiger partial charge in [-0.3, -0.25) is 10.1 Å². The number of non-ortho nitro benzene ring substituents is 1. The van der Waals surface area contributed by atoms with E-state index in [1.807, 2.05) is 5.70 Å². The van der Waals surface area contributed by atoms with Crippen LogP contribution < -0.4 is 4.74 Å². The highest BCUT2D eigenvalue weighted by molar-refractivity contribution is 6.87. The molecule has 1 rings (SSSR count). The highest BCUT2D eigenvalue weighted by atomic mass is 28.4. The van der Waals surface area contributed by atoms with Gasteiger partial charge in [0.1, 0.15) is 12.0 Å². The Labute approximate surface area is 121 Å². The van der Waals surface area contributed by atoms with Crippen LogP contribution in [0.4, 0.5) is 5.69 Å². The molecule has 0 aliphatic carbocycles. The van der Waals surface area contributed by atoms with Crippen LogP contribution >= 0.6 is 0 Å². The molecule has 0 unspecified atom stereocenters. The maximum absolute atomic E-state index is 10.6. The summed E-state index contributed by atoms with van der Waals surface area (Å²) in [5, 5.41) is 10.6. The van der Waals surface area contributed by atoms with Crippen molar-refractivity contribution in [1.82, 2.24) is 0 Å². The SMILES string of the molecule is C=C[Si](C)(C)O[Si](C)(C)COc1ccc([N+](=O)[O-])cc1. The Hall–Kier alpha value is -1.45. The Morgan fingerprint density at radius 2 is 1.80 bits per heavy atom. The predicted molar refractivity (Wildman–Crippen MR) is 84.8 cm³/mol. The number of benzene rings is 1. The van der Waals surface area contributed by atoms with Crippen molar-refractivity contribution in [2.75, 3.05) is 6.23 Å². The first kappa shape index (κ1) is 16.6. The summed E-state index contributed by atoms with van der Waals surface area (Å²) in [7, 11) is -3.76. The van der Waals surface area contributed by atoms with Crippen LogP contribution in [-0.2, 0) is 4.12 Å². The molecule has 0 amide bonds. The molecule has 0 bridgehead atoms. The highest BCUT2D eigenvalue weighted by Gasteiger charge is 2.31. The Kier molecular flexibility index (Phi) is 5.26. The van der Waals surface area contributed by atoms with Crippen molar-refractivity contribution >= 4 is 22.3 Å². The van der Waals surface area contributed by atoms with Gasteiger partial charge in [-0.05, 0) is 38.3 Å². The molecule has 0 radical (unpaired) electrons. The van der Waals surface area contributed by atoms with Crippen LogP contribution in [0.15, 0.2) is 36.5 Å². The van der Waals surface area contributed by atoms with E-state index < -0.39 is 21.6 Å². The minimum atomic E-state index is -1.94. The van der Waals surface area contributed by atoms with E-state index in [9.17, 15) is 10.1 Å². The molecule has 0 aliphatic rings. The quantitative estimate of drug-likeness (QED) is 0.438. The highest BCUT2D eigenvalue weighted by Crippen LogP contribution is 2.20. The summed E-state index contributed by atoms with van der Waals surface area (Å²) in [6.07, 6.45) is 0.509. The molecule has 0 spiro atoms. The molecule has 0 N–H and O–H groups in total. The van der Waals surface area contributed by atoms with Gasteiger partial charge in [0, 0.05) is 12.1 Å². The molecule has 0 aliphatic heterocycles. The Bertz CT molecular complexity index is 486. The molecule has 0 atom stereocenters. The van der Waals surface area contributed by atoms with Crippen LogP contribution in [0, 0.1) is 10.1 Å². The van der Waals surface area contributed by atoms with E-state index in [0.717, 1.165) is 0 Å². The summed E-state index contributed by atoms with van der Waals surface area (Å²) in [6.45, 7) is 12.2. The van der Waals surface area contributed by atoms with Gasteiger partial charge >= 0.3 is 0 Å². The lowest BCUT2D eigenvalue weighted by atomic mass is 10.3. The molecular weight excluding hydrogens is 290 g/mol. The summed E-state index contributed by atoms with van der Waals surface area (Å²) in [5.74, 6) is 0.623. The number of ether oxygens (including phenoxy) is 1. The van der Waals surface area contributed by atoms with E-state index in [2.05, 4.69) is 32.8 Å². The maximum Gasteiger partial charge on any atom is 0.269 e. The van der Waals surface area contributed by atoms with E-state index in [-0.39, 0.29) is 5.69 Å². The predicted octanol–water partition coefficient (Wildman–Crippen LogP) is 3.66. The molecular formula is C13H21NO4Si2. The van der Waals surface area contributed by atoms with Gasteiger partial charge in [-0.15, -0.1) is 6.58 Å². The second-order valence-electron chi connectivity index (χ2n) is 5.71. The summed E-state index contributed by atoms with van der Waals surface area (Å²) >= 11 is 0. The van der Waals surface area contributed by atoms with Crippen molar-refractivity contribution < 1.29 is 13.8 Å². The number of nitrogens with zero attached hydrogens (tertiary/aromatic N) is 1. The second kappa shape index (κ2) is 6.34. The van der Waals surface area contributed by atoms with Crippen LogP contribution in [0.25, 0.3) is 0 Å². The maximum atomic E-state index is 10.6. The molecule has 7 heteroatoms. The fraction of sp³-hybridized carbons (Fsp3) is 0.385. The number of nitro groups is 1. The van der Waals surface area contributed by atoms with Crippen molar-refractivity contribution in [2.24, 2.45) is 0 Å². The first-order chi connectivity index (χ1) is 9.15. The molecule has 1 aromatic carbocycles. The molecule has 0 saturated carbocycles. The number of rotatable bonds is 7. The van der Waals surface area contributed by atoms with Gasteiger partial charge in [0.05, 0.1) is 4.92 Å². The lowest BCUT2D eigenvalue weighted by Gasteiger charge is -2.31. The fourth-order valence-electron chi connectivity index (χ4n) is 1.70. The molecule has 0 heterocycles. The van der Waals surface area contributed by atoms with Gasteiger partial charge in [0.25, 0.3) is 5.69 Å². The Balaban J connectivity index is 2.61. The largest absolute Gasteiger partial charge is 0.494 e. The summed E-state index contributed by atoms with van der Waals surface area (Å²) in [6, 6.07) is 6.09. The van der Waals surface area contributed by atoms with E-state index in [1.54, 1.807) is 12.1 Å². The molecule has 20 heavy (non-hydrogen) atoms. The monoisotopic (exact) mass is 311 g/mol. The van der Waals surface area contributed by atoms with Crippen LogP contribution in [0.3, 0.4) is 0 Å². The number of hydrogen-bond donors (Lipinski definition) is 0. The van der Waals surface area contributed by atoms with Crippen LogP contribution in [-0.4, -0.2) is 27.8 Å². The van der Waals surface area contributed by atoms with Crippen molar-refractivity contribution in [1.29, 1.82) is 0 Å². The first-order valence-corrected chi connectivity index (χ1v) is 12.5. The third-order valence-corrected chi connectivity index (χ3v) is 8.80. The normalized spacial score (nSPS) is 12.0. The van der Waals surface area contributed by atoms with Gasteiger partial charge in [0.2, 0.25) is 8.32 Å². The summed E-state index contributed by atoms with van der Waals surface area (Å²) in [5.41, 5.74) is 1.97. The van der Waals surface area contributed by atoms with E-state index in [1.165, 1.54) is 12.1 Å². The zero-order valence-corrected chi connectivity index (χ0v) is 14.4. The lowest BCUT2D eigenvalue weighted by Crippen LogP contribution is -2.47. The van der Waals surface area contributed by atoms with Crippen molar-refractivity contribution in [2.45, 2.75) is 26.2 Å². The van der Waals surface area contributed by atoms with Crippen LogP contribution in [0.2, 0.25) is 26.2 Å². The topological polar surface area (TPSA) is 61.6 Å². The third-order valence-electron chi connectivity index (χ3n) is 2.66. The van der Waals surface area contributed by atoms with Gasteiger partial charge in [0.15, 0.2) is 8.32 Å². The van der Waals surface area contributed by atoms with Crippen molar-refractivity contribution in [3.63, 3.8) is 0 Å². The first-order valence-electron chi connectivity index (χ1n) is 6.36. The Morgan fingerprint density at radius 3 is 2.25 bits per heavy atom. The third kappa shape index (κ3) is 5.27. The number of nitro benzene ring substituents is 1. The zero-order valence-electron chi connectivity index (χ0n) is 12.4.